The Morgan fingerprint density at radius 1 is 1.60 bits per heavy atom. The Balaban J connectivity index is 1.85. The predicted octanol–water partition coefficient (Wildman–Crippen LogP) is -0.345. The Morgan fingerprint density at radius 2 is 2.30 bits per heavy atom. The average molecular weight is 300 g/mol. The van der Waals surface area contributed by atoms with E-state index in [1.807, 2.05) is 4.57 Å². The molecule has 0 saturated heterocycles. The summed E-state index contributed by atoms with van der Waals surface area (Å²) in [4.78, 5) is 22.5. The van der Waals surface area contributed by atoms with Crippen LogP contribution < -0.4 is 5.32 Å². The lowest BCUT2D eigenvalue weighted by Gasteiger charge is -2.16. The lowest BCUT2D eigenvalue weighted by Crippen LogP contribution is -2.48. The van der Waals surface area contributed by atoms with Gasteiger partial charge < -0.3 is 20.1 Å². The average Bonchev–Trinajstić information content (AvgIpc) is 3.12. The van der Waals surface area contributed by atoms with Crippen molar-refractivity contribution < 1.29 is 19.8 Å². The fourth-order valence-corrected chi connectivity index (χ4v) is 2.47. The molecule has 0 bridgehead atoms. The number of nitrogens with zero attached hydrogens (tertiary/aromatic N) is 3. The molecule has 1 fully saturated rings. The van der Waals surface area contributed by atoms with Crippen molar-refractivity contribution in [3.05, 3.63) is 6.33 Å². The van der Waals surface area contributed by atoms with E-state index < -0.39 is 24.0 Å². The molecule has 2 rings (SSSR count). The molecule has 1 heterocycles. The Labute approximate surface area is 119 Å². The minimum Gasteiger partial charge on any atom is -0.480 e. The SMILES string of the molecule is CC(O)C(NC(=O)CSc1nncn1C1CC1)C(=O)O. The number of thioether (sulfide) groups is 1. The predicted molar refractivity (Wildman–Crippen MR) is 70.3 cm³/mol. The van der Waals surface area contributed by atoms with Crippen molar-refractivity contribution in [2.45, 2.75) is 43.1 Å². The smallest absolute Gasteiger partial charge is 0.328 e. The number of aromatic nitrogens is 3. The van der Waals surface area contributed by atoms with Crippen LogP contribution in [0.1, 0.15) is 25.8 Å². The maximum atomic E-state index is 11.7. The van der Waals surface area contributed by atoms with Gasteiger partial charge in [-0.15, -0.1) is 10.2 Å². The quantitative estimate of drug-likeness (QED) is 0.589. The van der Waals surface area contributed by atoms with Crippen molar-refractivity contribution in [2.24, 2.45) is 0 Å². The lowest BCUT2D eigenvalue weighted by atomic mass is 10.2. The van der Waals surface area contributed by atoms with Gasteiger partial charge in [-0.1, -0.05) is 11.8 Å². The first-order chi connectivity index (χ1) is 9.49. The number of carbonyl (C=O) groups is 2. The Hall–Kier alpha value is -1.61. The molecule has 0 radical (unpaired) electrons. The highest BCUT2D eigenvalue weighted by Gasteiger charge is 2.27. The number of nitrogens with one attached hydrogen (secondary N) is 1. The molecule has 1 amide bonds. The zero-order valence-electron chi connectivity index (χ0n) is 10.9. The fraction of sp³-hybridized carbons (Fsp3) is 0.636. The van der Waals surface area contributed by atoms with Gasteiger partial charge in [-0.2, -0.15) is 0 Å². The molecule has 1 aromatic rings. The molecule has 1 aromatic heterocycles. The van der Waals surface area contributed by atoms with Crippen LogP contribution in [0.25, 0.3) is 0 Å². The van der Waals surface area contributed by atoms with E-state index in [1.54, 1.807) is 6.33 Å². The molecule has 110 valence electrons. The summed E-state index contributed by atoms with van der Waals surface area (Å²) < 4.78 is 1.92. The summed E-state index contributed by atoms with van der Waals surface area (Å²) in [5, 5.41) is 28.8. The summed E-state index contributed by atoms with van der Waals surface area (Å²) in [5.74, 6) is -1.70. The first-order valence-electron chi connectivity index (χ1n) is 6.21. The van der Waals surface area contributed by atoms with Gasteiger partial charge in [0.15, 0.2) is 11.2 Å². The summed E-state index contributed by atoms with van der Waals surface area (Å²) in [6.45, 7) is 1.32. The van der Waals surface area contributed by atoms with E-state index in [1.165, 1.54) is 18.7 Å². The Kier molecular flexibility index (Phi) is 4.61. The van der Waals surface area contributed by atoms with Crippen molar-refractivity contribution in [2.75, 3.05) is 5.75 Å². The molecule has 1 aliphatic rings. The largest absolute Gasteiger partial charge is 0.480 e. The van der Waals surface area contributed by atoms with Crippen LogP contribution in [0.15, 0.2) is 11.5 Å². The number of aliphatic carboxylic acids is 1. The molecular formula is C11H16N4O4S. The highest BCUT2D eigenvalue weighted by Crippen LogP contribution is 2.37. The van der Waals surface area contributed by atoms with E-state index >= 15 is 0 Å². The molecule has 0 spiro atoms. The van der Waals surface area contributed by atoms with Crippen LogP contribution in [0.5, 0.6) is 0 Å². The highest BCUT2D eigenvalue weighted by molar-refractivity contribution is 7.99. The van der Waals surface area contributed by atoms with E-state index in [-0.39, 0.29) is 5.75 Å². The second-order valence-corrected chi connectivity index (χ2v) is 5.61. The summed E-state index contributed by atoms with van der Waals surface area (Å²) in [6, 6.07) is -0.885. The van der Waals surface area contributed by atoms with E-state index in [9.17, 15) is 14.7 Å². The van der Waals surface area contributed by atoms with Gasteiger partial charge in [0.05, 0.1) is 11.9 Å². The number of rotatable bonds is 7. The summed E-state index contributed by atoms with van der Waals surface area (Å²) in [7, 11) is 0. The number of carboxylic acids is 1. The van der Waals surface area contributed by atoms with Crippen LogP contribution in [0.4, 0.5) is 0 Å². The summed E-state index contributed by atoms with van der Waals surface area (Å²) in [5.41, 5.74) is 0. The van der Waals surface area contributed by atoms with Crippen LogP contribution in [0, 0.1) is 0 Å². The van der Waals surface area contributed by atoms with Crippen LogP contribution in [-0.2, 0) is 9.59 Å². The minimum absolute atomic E-state index is 0.0297. The molecule has 1 saturated carbocycles. The van der Waals surface area contributed by atoms with Crippen LogP contribution >= 0.6 is 11.8 Å². The molecular weight excluding hydrogens is 284 g/mol. The maximum Gasteiger partial charge on any atom is 0.328 e. The molecule has 3 N–H and O–H groups in total. The van der Waals surface area contributed by atoms with Crippen molar-refractivity contribution in [1.29, 1.82) is 0 Å². The molecule has 8 nitrogen and oxygen atoms in total. The number of carbonyl (C=O) groups excluding carboxylic acids is 1. The fourth-order valence-electron chi connectivity index (χ4n) is 1.67. The Bertz CT molecular complexity index is 500. The topological polar surface area (TPSA) is 117 Å². The summed E-state index contributed by atoms with van der Waals surface area (Å²) >= 11 is 1.20. The van der Waals surface area contributed by atoms with Gasteiger partial charge >= 0.3 is 5.97 Å². The van der Waals surface area contributed by atoms with E-state index in [0.717, 1.165) is 12.8 Å². The molecule has 9 heteroatoms. The number of aliphatic hydroxyl groups is 1. The third kappa shape index (κ3) is 3.70. The van der Waals surface area contributed by atoms with Gasteiger partial charge in [-0.25, -0.2) is 4.79 Å². The number of aliphatic hydroxyl groups excluding tert-OH is 1. The second-order valence-electron chi connectivity index (χ2n) is 4.66. The summed E-state index contributed by atoms with van der Waals surface area (Å²) in [6.07, 6.45) is 2.65. The van der Waals surface area contributed by atoms with E-state index in [4.69, 9.17) is 5.11 Å². The van der Waals surface area contributed by atoms with Crippen LogP contribution in [0.3, 0.4) is 0 Å². The number of carboxylic acid groups (broad SMARTS) is 1. The second kappa shape index (κ2) is 6.23. The zero-order valence-corrected chi connectivity index (χ0v) is 11.7. The molecule has 2 unspecified atom stereocenters. The standard InChI is InChI=1S/C11H16N4O4S/c1-6(16)9(10(18)19)13-8(17)4-20-11-14-12-5-15(11)7-2-3-7/h5-7,9,16H,2-4H2,1H3,(H,13,17)(H,18,19). The maximum absolute atomic E-state index is 11.7. The number of hydrogen-bond acceptors (Lipinski definition) is 6. The van der Waals surface area contributed by atoms with Gasteiger partial charge in [-0.05, 0) is 19.8 Å². The molecule has 20 heavy (non-hydrogen) atoms. The zero-order chi connectivity index (χ0) is 14.7. The van der Waals surface area contributed by atoms with Gasteiger partial charge in [-0.3, -0.25) is 4.79 Å². The lowest BCUT2D eigenvalue weighted by molar-refractivity contribution is -0.144. The normalized spacial score (nSPS) is 17.5. The van der Waals surface area contributed by atoms with Crippen LogP contribution in [0.2, 0.25) is 0 Å². The number of amides is 1. The van der Waals surface area contributed by atoms with E-state index in [0.29, 0.717) is 11.2 Å². The number of hydrogen-bond donors (Lipinski definition) is 3. The van der Waals surface area contributed by atoms with Crippen molar-refractivity contribution in [1.82, 2.24) is 20.1 Å². The molecule has 0 aromatic carbocycles. The molecule has 1 aliphatic carbocycles. The monoisotopic (exact) mass is 300 g/mol. The van der Waals surface area contributed by atoms with Crippen molar-refractivity contribution in [3.8, 4) is 0 Å². The minimum atomic E-state index is -1.30. The van der Waals surface area contributed by atoms with Gasteiger partial charge in [0.1, 0.15) is 6.33 Å². The Morgan fingerprint density at radius 3 is 2.85 bits per heavy atom. The van der Waals surface area contributed by atoms with Gasteiger partial charge in [0.25, 0.3) is 0 Å². The highest BCUT2D eigenvalue weighted by atomic mass is 32.2. The van der Waals surface area contributed by atoms with Crippen molar-refractivity contribution >= 4 is 23.6 Å². The molecule has 0 aliphatic heterocycles. The van der Waals surface area contributed by atoms with Crippen molar-refractivity contribution in [3.63, 3.8) is 0 Å². The first kappa shape index (κ1) is 14.8. The van der Waals surface area contributed by atoms with E-state index in [2.05, 4.69) is 15.5 Å². The third-order valence-corrected chi connectivity index (χ3v) is 3.83. The van der Waals surface area contributed by atoms with Crippen LogP contribution in [-0.4, -0.2) is 54.8 Å². The van der Waals surface area contributed by atoms with Gasteiger partial charge in [0, 0.05) is 6.04 Å². The molecule has 2 atom stereocenters. The third-order valence-electron chi connectivity index (χ3n) is 2.88. The van der Waals surface area contributed by atoms with Gasteiger partial charge in [0.2, 0.25) is 5.91 Å². The first-order valence-corrected chi connectivity index (χ1v) is 7.20.